The highest BCUT2D eigenvalue weighted by Crippen LogP contribution is 2.25. The minimum Gasteiger partial charge on any atom is -0.506 e. The average Bonchev–Trinajstić information content (AvgIpc) is 1.96. The topological polar surface area (TPSA) is 37.3 Å². The lowest BCUT2D eigenvalue weighted by Crippen LogP contribution is -1.86. The number of carbonyl (C=O) groups excluding carboxylic acids is 1. The summed E-state index contributed by atoms with van der Waals surface area (Å²) in [5, 5.41) is 9.28. The Labute approximate surface area is 91.3 Å². The molecule has 0 amide bonds. The van der Waals surface area contributed by atoms with E-state index in [4.69, 9.17) is 0 Å². The Bertz CT molecular complexity index is 297. The fourth-order valence-corrected chi connectivity index (χ4v) is 2.57. The second kappa shape index (κ2) is 3.70. The SMILES string of the molecule is O=Cc1cc(I)cc(I)c1O. The van der Waals surface area contributed by atoms with E-state index in [1.165, 1.54) is 0 Å². The van der Waals surface area contributed by atoms with Gasteiger partial charge in [0.1, 0.15) is 5.75 Å². The maximum absolute atomic E-state index is 10.4. The van der Waals surface area contributed by atoms with Gasteiger partial charge in [0.25, 0.3) is 0 Å². The third-order valence-corrected chi connectivity index (χ3v) is 2.63. The smallest absolute Gasteiger partial charge is 0.153 e. The second-order valence-electron chi connectivity index (χ2n) is 1.94. The Hall–Kier alpha value is 0.150. The molecule has 0 atom stereocenters. The van der Waals surface area contributed by atoms with Crippen LogP contribution in [0.15, 0.2) is 12.1 Å². The van der Waals surface area contributed by atoms with Gasteiger partial charge < -0.3 is 5.11 Å². The van der Waals surface area contributed by atoms with Crippen LogP contribution in [0, 0.1) is 7.14 Å². The molecule has 0 aliphatic rings. The van der Waals surface area contributed by atoms with Gasteiger partial charge in [0.2, 0.25) is 0 Å². The summed E-state index contributed by atoms with van der Waals surface area (Å²) in [7, 11) is 0. The van der Waals surface area contributed by atoms with Gasteiger partial charge in [-0.3, -0.25) is 4.79 Å². The molecule has 1 aromatic carbocycles. The zero-order valence-corrected chi connectivity index (χ0v) is 9.66. The molecule has 1 rings (SSSR count). The van der Waals surface area contributed by atoms with Crippen molar-refractivity contribution in [3.63, 3.8) is 0 Å². The molecule has 4 heteroatoms. The number of halogens is 2. The van der Waals surface area contributed by atoms with Gasteiger partial charge in [-0.15, -0.1) is 0 Å². The van der Waals surface area contributed by atoms with Crippen molar-refractivity contribution in [1.82, 2.24) is 0 Å². The van der Waals surface area contributed by atoms with Crippen molar-refractivity contribution < 1.29 is 9.90 Å². The van der Waals surface area contributed by atoms with Gasteiger partial charge >= 0.3 is 0 Å². The van der Waals surface area contributed by atoms with E-state index in [0.29, 0.717) is 15.4 Å². The lowest BCUT2D eigenvalue weighted by molar-refractivity contribution is 0.112. The molecule has 0 aromatic heterocycles. The molecule has 0 bridgehead atoms. The third kappa shape index (κ3) is 2.05. The molecule has 1 aromatic rings. The highest BCUT2D eigenvalue weighted by Gasteiger charge is 2.04. The highest BCUT2D eigenvalue weighted by molar-refractivity contribution is 14.1. The maximum atomic E-state index is 10.4. The maximum Gasteiger partial charge on any atom is 0.153 e. The summed E-state index contributed by atoms with van der Waals surface area (Å²) in [5.41, 5.74) is 0.348. The van der Waals surface area contributed by atoms with E-state index in [2.05, 4.69) is 22.6 Å². The van der Waals surface area contributed by atoms with Crippen molar-refractivity contribution in [1.29, 1.82) is 0 Å². The molecule has 0 heterocycles. The molecule has 0 fully saturated rings. The van der Waals surface area contributed by atoms with Crippen molar-refractivity contribution in [2.45, 2.75) is 0 Å². The van der Waals surface area contributed by atoms with Gasteiger partial charge in [0.05, 0.1) is 9.13 Å². The lowest BCUT2D eigenvalue weighted by Gasteiger charge is -2.00. The van der Waals surface area contributed by atoms with Crippen LogP contribution in [0.2, 0.25) is 0 Å². The van der Waals surface area contributed by atoms with Crippen LogP contribution in [0.3, 0.4) is 0 Å². The van der Waals surface area contributed by atoms with Crippen molar-refractivity contribution in [3.05, 3.63) is 24.8 Å². The first-order valence-electron chi connectivity index (χ1n) is 2.78. The van der Waals surface area contributed by atoms with Crippen molar-refractivity contribution in [2.75, 3.05) is 0 Å². The van der Waals surface area contributed by atoms with Gasteiger partial charge in [-0.05, 0) is 57.3 Å². The quantitative estimate of drug-likeness (QED) is 0.606. The number of benzene rings is 1. The van der Waals surface area contributed by atoms with Crippen LogP contribution in [0.1, 0.15) is 10.4 Å². The van der Waals surface area contributed by atoms with Gasteiger partial charge in [-0.2, -0.15) is 0 Å². The summed E-state index contributed by atoms with van der Waals surface area (Å²) in [6, 6.07) is 3.45. The van der Waals surface area contributed by atoms with E-state index in [1.54, 1.807) is 6.07 Å². The number of hydrogen-bond donors (Lipinski definition) is 1. The van der Waals surface area contributed by atoms with E-state index >= 15 is 0 Å². The number of phenols is 1. The van der Waals surface area contributed by atoms with Gasteiger partial charge in [-0.25, -0.2) is 0 Å². The highest BCUT2D eigenvalue weighted by atomic mass is 127. The normalized spacial score (nSPS) is 9.64. The predicted octanol–water partition coefficient (Wildman–Crippen LogP) is 2.41. The molecule has 0 radical (unpaired) electrons. The fraction of sp³-hybridized carbons (Fsp3) is 0. The predicted molar refractivity (Wildman–Crippen MR) is 58.9 cm³/mol. The number of carbonyl (C=O) groups is 1. The number of rotatable bonds is 1. The molecular formula is C7H4I2O2. The van der Waals surface area contributed by atoms with Crippen LogP contribution in [-0.4, -0.2) is 11.4 Å². The molecule has 0 aliphatic carbocycles. The number of phenolic OH excluding ortho intramolecular Hbond substituents is 1. The third-order valence-electron chi connectivity index (χ3n) is 1.18. The number of aldehydes is 1. The number of aromatic hydroxyl groups is 1. The van der Waals surface area contributed by atoms with Crippen LogP contribution in [0.5, 0.6) is 5.75 Å². The molecule has 0 unspecified atom stereocenters. The summed E-state index contributed by atoms with van der Waals surface area (Å²) in [5.74, 6) is 0.0704. The van der Waals surface area contributed by atoms with Crippen molar-refractivity contribution in [3.8, 4) is 5.75 Å². The Morgan fingerprint density at radius 3 is 2.55 bits per heavy atom. The Morgan fingerprint density at radius 1 is 1.36 bits per heavy atom. The van der Waals surface area contributed by atoms with Crippen LogP contribution in [0.25, 0.3) is 0 Å². The summed E-state index contributed by atoms with van der Waals surface area (Å²) in [6.07, 6.45) is 0.652. The minimum absolute atomic E-state index is 0.0704. The van der Waals surface area contributed by atoms with Crippen LogP contribution >= 0.6 is 45.2 Å². The van der Waals surface area contributed by atoms with E-state index in [1.807, 2.05) is 28.7 Å². The minimum atomic E-state index is 0.0704. The zero-order valence-electron chi connectivity index (χ0n) is 5.34. The summed E-state index contributed by atoms with van der Waals surface area (Å²) in [6.45, 7) is 0. The molecule has 11 heavy (non-hydrogen) atoms. The van der Waals surface area contributed by atoms with Gasteiger partial charge in [0, 0.05) is 3.57 Å². The monoisotopic (exact) mass is 374 g/mol. The number of hydrogen-bond acceptors (Lipinski definition) is 2. The Balaban J connectivity index is 3.35. The van der Waals surface area contributed by atoms with Crippen LogP contribution in [0.4, 0.5) is 0 Å². The van der Waals surface area contributed by atoms with Crippen molar-refractivity contribution in [2.24, 2.45) is 0 Å². The average molecular weight is 374 g/mol. The first-order valence-corrected chi connectivity index (χ1v) is 4.94. The Morgan fingerprint density at radius 2 is 2.00 bits per heavy atom. The van der Waals surface area contributed by atoms with Crippen molar-refractivity contribution >= 4 is 51.5 Å². The first-order chi connectivity index (χ1) is 5.15. The second-order valence-corrected chi connectivity index (χ2v) is 4.35. The zero-order chi connectivity index (χ0) is 8.43. The fourth-order valence-electron chi connectivity index (χ4n) is 0.676. The van der Waals surface area contributed by atoms with Crippen LogP contribution in [-0.2, 0) is 0 Å². The summed E-state index contributed by atoms with van der Waals surface area (Å²) in [4.78, 5) is 10.4. The molecular weight excluding hydrogens is 370 g/mol. The molecule has 0 saturated heterocycles. The van der Waals surface area contributed by atoms with E-state index in [-0.39, 0.29) is 5.75 Å². The first kappa shape index (κ1) is 9.24. The van der Waals surface area contributed by atoms with Crippen LogP contribution < -0.4 is 0 Å². The van der Waals surface area contributed by atoms with E-state index in [9.17, 15) is 9.90 Å². The molecule has 0 spiro atoms. The molecule has 0 saturated carbocycles. The summed E-state index contributed by atoms with van der Waals surface area (Å²) < 4.78 is 1.66. The molecule has 1 N–H and O–H groups in total. The molecule has 0 aliphatic heterocycles. The molecule has 58 valence electrons. The van der Waals surface area contributed by atoms with Gasteiger partial charge in [0.15, 0.2) is 6.29 Å². The Kier molecular flexibility index (Phi) is 3.11. The lowest BCUT2D eigenvalue weighted by atomic mass is 10.2. The standard InChI is InChI=1S/C7H4I2O2/c8-5-1-4(3-10)7(11)6(9)2-5/h1-3,11H. The van der Waals surface area contributed by atoms with E-state index < -0.39 is 0 Å². The molecule has 2 nitrogen and oxygen atoms in total. The largest absolute Gasteiger partial charge is 0.506 e. The summed E-state index contributed by atoms with van der Waals surface area (Å²) >= 11 is 4.08. The van der Waals surface area contributed by atoms with E-state index in [0.717, 1.165) is 3.57 Å². The van der Waals surface area contributed by atoms with Gasteiger partial charge in [-0.1, -0.05) is 0 Å².